The van der Waals surface area contributed by atoms with E-state index in [-0.39, 0.29) is 12.5 Å². The summed E-state index contributed by atoms with van der Waals surface area (Å²) in [5, 5.41) is 2.74. The zero-order valence-corrected chi connectivity index (χ0v) is 9.87. The Labute approximate surface area is 106 Å². The van der Waals surface area contributed by atoms with E-state index < -0.39 is 0 Å². The van der Waals surface area contributed by atoms with Crippen molar-refractivity contribution in [3.8, 4) is 0 Å². The zero-order chi connectivity index (χ0) is 12.6. The SMILES string of the molecule is O=C(COCc1ccccn1)Nc1ccccc1. The third-order valence-corrected chi connectivity index (χ3v) is 2.27. The lowest BCUT2D eigenvalue weighted by atomic mass is 10.3. The van der Waals surface area contributed by atoms with Gasteiger partial charge in [0.25, 0.3) is 0 Å². The van der Waals surface area contributed by atoms with Crippen LogP contribution < -0.4 is 5.32 Å². The molecule has 4 nitrogen and oxygen atoms in total. The average molecular weight is 242 g/mol. The smallest absolute Gasteiger partial charge is 0.250 e. The number of amides is 1. The number of carbonyl (C=O) groups is 1. The van der Waals surface area contributed by atoms with Crippen molar-refractivity contribution in [2.75, 3.05) is 11.9 Å². The summed E-state index contributed by atoms with van der Waals surface area (Å²) in [4.78, 5) is 15.6. The molecule has 0 fully saturated rings. The van der Waals surface area contributed by atoms with Crippen LogP contribution in [0, 0.1) is 0 Å². The van der Waals surface area contributed by atoms with E-state index in [1.54, 1.807) is 6.20 Å². The van der Waals surface area contributed by atoms with E-state index >= 15 is 0 Å². The highest BCUT2D eigenvalue weighted by atomic mass is 16.5. The second-order valence-electron chi connectivity index (χ2n) is 3.73. The fraction of sp³-hybridized carbons (Fsp3) is 0.143. The number of rotatable bonds is 5. The Morgan fingerprint density at radius 1 is 1.11 bits per heavy atom. The van der Waals surface area contributed by atoms with E-state index in [9.17, 15) is 4.79 Å². The summed E-state index contributed by atoms with van der Waals surface area (Å²) < 4.78 is 5.28. The van der Waals surface area contributed by atoms with Gasteiger partial charge in [-0.25, -0.2) is 0 Å². The molecule has 1 N–H and O–H groups in total. The number of hydrogen-bond acceptors (Lipinski definition) is 3. The van der Waals surface area contributed by atoms with Crippen LogP contribution >= 0.6 is 0 Å². The predicted molar refractivity (Wildman–Crippen MR) is 69.0 cm³/mol. The van der Waals surface area contributed by atoms with Gasteiger partial charge < -0.3 is 10.1 Å². The number of nitrogens with one attached hydrogen (secondary N) is 1. The summed E-state index contributed by atoms with van der Waals surface area (Å²) in [6.07, 6.45) is 1.70. The molecule has 2 aromatic rings. The molecular formula is C14H14N2O2. The number of pyridine rings is 1. The quantitative estimate of drug-likeness (QED) is 0.874. The maximum absolute atomic E-state index is 11.5. The maximum atomic E-state index is 11.5. The molecule has 0 unspecified atom stereocenters. The van der Waals surface area contributed by atoms with Crippen LogP contribution in [0.4, 0.5) is 5.69 Å². The molecule has 4 heteroatoms. The average Bonchev–Trinajstić information content (AvgIpc) is 2.41. The van der Waals surface area contributed by atoms with Gasteiger partial charge in [-0.1, -0.05) is 24.3 Å². The lowest BCUT2D eigenvalue weighted by Gasteiger charge is -2.05. The van der Waals surface area contributed by atoms with Gasteiger partial charge in [0.15, 0.2) is 0 Å². The highest BCUT2D eigenvalue weighted by Crippen LogP contribution is 2.04. The van der Waals surface area contributed by atoms with E-state index in [1.165, 1.54) is 0 Å². The number of nitrogens with zero attached hydrogens (tertiary/aromatic N) is 1. The summed E-state index contributed by atoms with van der Waals surface area (Å²) >= 11 is 0. The molecule has 0 spiro atoms. The molecule has 0 aliphatic heterocycles. The number of hydrogen-bond donors (Lipinski definition) is 1. The van der Waals surface area contributed by atoms with Crippen molar-refractivity contribution in [3.05, 3.63) is 60.4 Å². The van der Waals surface area contributed by atoms with Crippen molar-refractivity contribution in [2.24, 2.45) is 0 Å². The van der Waals surface area contributed by atoms with Gasteiger partial charge in [0.2, 0.25) is 5.91 Å². The summed E-state index contributed by atoms with van der Waals surface area (Å²) in [6.45, 7) is 0.356. The van der Waals surface area contributed by atoms with Gasteiger partial charge in [0.05, 0.1) is 12.3 Å². The molecule has 1 aromatic carbocycles. The van der Waals surface area contributed by atoms with Crippen LogP contribution in [0.25, 0.3) is 0 Å². The van der Waals surface area contributed by atoms with Gasteiger partial charge in [0.1, 0.15) is 6.61 Å². The largest absolute Gasteiger partial charge is 0.365 e. The Morgan fingerprint density at radius 3 is 2.61 bits per heavy atom. The van der Waals surface area contributed by atoms with Crippen LogP contribution in [0.15, 0.2) is 54.7 Å². The van der Waals surface area contributed by atoms with Gasteiger partial charge in [-0.15, -0.1) is 0 Å². The van der Waals surface area contributed by atoms with Crippen molar-refractivity contribution in [2.45, 2.75) is 6.61 Å². The van der Waals surface area contributed by atoms with E-state index in [1.807, 2.05) is 48.5 Å². The normalized spacial score (nSPS) is 10.0. The minimum absolute atomic E-state index is 0.0193. The molecule has 1 heterocycles. The van der Waals surface area contributed by atoms with Crippen molar-refractivity contribution in [1.82, 2.24) is 4.98 Å². The summed E-state index contributed by atoms with van der Waals surface area (Å²) in [5.74, 6) is -0.169. The number of benzene rings is 1. The van der Waals surface area contributed by atoms with Crippen molar-refractivity contribution in [3.63, 3.8) is 0 Å². The first-order valence-electron chi connectivity index (χ1n) is 5.67. The first kappa shape index (κ1) is 12.3. The molecule has 1 amide bonds. The number of anilines is 1. The minimum Gasteiger partial charge on any atom is -0.365 e. The van der Waals surface area contributed by atoms with Crippen LogP contribution in [0.1, 0.15) is 5.69 Å². The molecule has 92 valence electrons. The van der Waals surface area contributed by atoms with Crippen LogP contribution in [0.2, 0.25) is 0 Å². The zero-order valence-electron chi connectivity index (χ0n) is 9.87. The van der Waals surface area contributed by atoms with E-state index in [0.29, 0.717) is 6.61 Å². The number of aromatic nitrogens is 1. The van der Waals surface area contributed by atoms with Gasteiger partial charge in [-0.05, 0) is 24.3 Å². The summed E-state index contributed by atoms with van der Waals surface area (Å²) in [5.41, 5.74) is 1.58. The molecule has 1 aromatic heterocycles. The van der Waals surface area contributed by atoms with E-state index in [0.717, 1.165) is 11.4 Å². The Balaban J connectivity index is 1.73. The number of ether oxygens (including phenoxy) is 1. The Morgan fingerprint density at radius 2 is 1.89 bits per heavy atom. The van der Waals surface area contributed by atoms with Gasteiger partial charge in [-0.2, -0.15) is 0 Å². The molecule has 18 heavy (non-hydrogen) atoms. The molecule has 0 saturated heterocycles. The molecule has 0 aliphatic carbocycles. The first-order chi connectivity index (χ1) is 8.84. The highest BCUT2D eigenvalue weighted by Gasteiger charge is 2.02. The van der Waals surface area contributed by atoms with Crippen LogP contribution in [-0.4, -0.2) is 17.5 Å². The molecule has 0 bridgehead atoms. The summed E-state index contributed by atoms with van der Waals surface area (Å²) in [7, 11) is 0. The third-order valence-electron chi connectivity index (χ3n) is 2.27. The first-order valence-corrected chi connectivity index (χ1v) is 5.67. The second-order valence-corrected chi connectivity index (χ2v) is 3.73. The molecule has 0 atom stereocenters. The van der Waals surface area contributed by atoms with Gasteiger partial charge in [-0.3, -0.25) is 9.78 Å². The number of carbonyl (C=O) groups excluding carboxylic acids is 1. The second kappa shape index (κ2) is 6.51. The number of para-hydroxylation sites is 1. The topological polar surface area (TPSA) is 51.2 Å². The van der Waals surface area contributed by atoms with Gasteiger partial charge >= 0.3 is 0 Å². The van der Waals surface area contributed by atoms with Crippen LogP contribution in [0.3, 0.4) is 0 Å². The molecule has 2 rings (SSSR count). The molecule has 0 radical (unpaired) electrons. The maximum Gasteiger partial charge on any atom is 0.250 e. The molecular weight excluding hydrogens is 228 g/mol. The monoisotopic (exact) mass is 242 g/mol. The Hall–Kier alpha value is -2.20. The summed E-state index contributed by atoms with van der Waals surface area (Å²) in [6, 6.07) is 14.9. The fourth-order valence-electron chi connectivity index (χ4n) is 1.45. The van der Waals surface area contributed by atoms with Gasteiger partial charge in [0, 0.05) is 11.9 Å². The standard InChI is InChI=1S/C14H14N2O2/c17-14(16-12-6-2-1-3-7-12)11-18-10-13-8-4-5-9-15-13/h1-9H,10-11H2,(H,16,17). The molecule has 0 saturated carbocycles. The van der Waals surface area contributed by atoms with Crippen LogP contribution in [0.5, 0.6) is 0 Å². The van der Waals surface area contributed by atoms with Crippen molar-refractivity contribution < 1.29 is 9.53 Å². The Bertz CT molecular complexity index is 486. The third kappa shape index (κ3) is 3.99. The highest BCUT2D eigenvalue weighted by molar-refractivity contribution is 5.91. The lowest BCUT2D eigenvalue weighted by Crippen LogP contribution is -2.18. The Kier molecular flexibility index (Phi) is 4.44. The minimum atomic E-state index is -0.169. The van der Waals surface area contributed by atoms with E-state index in [2.05, 4.69) is 10.3 Å². The lowest BCUT2D eigenvalue weighted by molar-refractivity contribution is -0.121. The van der Waals surface area contributed by atoms with E-state index in [4.69, 9.17) is 4.74 Å². The van der Waals surface area contributed by atoms with Crippen LogP contribution in [-0.2, 0) is 16.1 Å². The van der Waals surface area contributed by atoms with Crippen molar-refractivity contribution in [1.29, 1.82) is 0 Å². The van der Waals surface area contributed by atoms with Crippen molar-refractivity contribution >= 4 is 11.6 Å². The predicted octanol–water partition coefficient (Wildman–Crippen LogP) is 2.24. The molecule has 0 aliphatic rings. The fourth-order valence-corrected chi connectivity index (χ4v) is 1.45.